The molecule has 0 saturated carbocycles. The zero-order valence-electron chi connectivity index (χ0n) is 11.3. The van der Waals surface area contributed by atoms with Crippen LogP contribution in [0, 0.1) is 5.41 Å². The summed E-state index contributed by atoms with van der Waals surface area (Å²) in [5.74, 6) is -1.52. The molecule has 2 rings (SSSR count). The number of halogens is 1. The molecule has 0 aliphatic rings. The van der Waals surface area contributed by atoms with Crippen LogP contribution in [0.1, 0.15) is 11.1 Å². The highest BCUT2D eigenvalue weighted by Gasteiger charge is 2.40. The second kappa shape index (κ2) is 6.17. The number of alkyl halides is 1. The fraction of sp³-hybridized carbons (Fsp3) is 0.125. The van der Waals surface area contributed by atoms with Crippen LogP contribution in [0.4, 0.5) is 4.39 Å². The number of carbonyl (C=O) groups excluding carboxylic acids is 1. The maximum atomic E-state index is 15.4. The van der Waals surface area contributed by atoms with Crippen molar-refractivity contribution in [1.29, 1.82) is 5.41 Å². The number of nitrogens with one attached hydrogen (secondary N) is 2. The zero-order valence-corrected chi connectivity index (χ0v) is 11.3. The lowest BCUT2D eigenvalue weighted by Crippen LogP contribution is -2.47. The molecule has 0 radical (unpaired) electrons. The molecular weight excluding hydrogens is 269 g/mol. The summed E-state index contributed by atoms with van der Waals surface area (Å²) >= 11 is 0. The summed E-state index contributed by atoms with van der Waals surface area (Å²) in [6, 6.07) is 17.0. The predicted octanol–water partition coefficient (Wildman–Crippen LogP) is 2.10. The number of hydrogen-bond acceptors (Lipinski definition) is 2. The van der Waals surface area contributed by atoms with Crippen LogP contribution >= 0.6 is 0 Å². The minimum absolute atomic E-state index is 0.128. The van der Waals surface area contributed by atoms with Gasteiger partial charge in [-0.05, 0) is 11.1 Å². The average Bonchev–Trinajstić information content (AvgIpc) is 2.48. The normalized spacial score (nSPS) is 13.2. The third-order valence-electron chi connectivity index (χ3n) is 3.13. The zero-order chi connectivity index (χ0) is 15.3. The van der Waals surface area contributed by atoms with Crippen molar-refractivity contribution in [2.45, 2.75) is 12.1 Å². The molecule has 5 heteroatoms. The van der Waals surface area contributed by atoms with Crippen molar-refractivity contribution in [2.75, 3.05) is 0 Å². The summed E-state index contributed by atoms with van der Waals surface area (Å²) in [6.07, 6.45) is -0.128. The molecule has 0 unspecified atom stereocenters. The van der Waals surface area contributed by atoms with Crippen molar-refractivity contribution in [3.8, 4) is 0 Å². The van der Waals surface area contributed by atoms with Gasteiger partial charge in [-0.15, -0.1) is 0 Å². The second-order valence-corrected chi connectivity index (χ2v) is 4.70. The summed E-state index contributed by atoms with van der Waals surface area (Å²) in [5, 5.41) is 9.18. The molecule has 2 aromatic carbocycles. The average molecular weight is 285 g/mol. The Morgan fingerprint density at radius 1 is 1.10 bits per heavy atom. The largest absolute Gasteiger partial charge is 0.370 e. The van der Waals surface area contributed by atoms with Gasteiger partial charge in [-0.25, -0.2) is 4.39 Å². The van der Waals surface area contributed by atoms with Crippen LogP contribution in [0.2, 0.25) is 0 Å². The van der Waals surface area contributed by atoms with Crippen molar-refractivity contribution in [1.82, 2.24) is 5.32 Å². The molecule has 21 heavy (non-hydrogen) atoms. The fourth-order valence-electron chi connectivity index (χ4n) is 2.11. The van der Waals surface area contributed by atoms with Crippen molar-refractivity contribution in [3.63, 3.8) is 0 Å². The number of guanidine groups is 1. The van der Waals surface area contributed by atoms with Crippen LogP contribution in [0.15, 0.2) is 60.7 Å². The first kappa shape index (κ1) is 14.7. The van der Waals surface area contributed by atoms with Crippen molar-refractivity contribution in [2.24, 2.45) is 5.73 Å². The van der Waals surface area contributed by atoms with Gasteiger partial charge in [0.15, 0.2) is 5.96 Å². The van der Waals surface area contributed by atoms with E-state index in [1.54, 1.807) is 54.6 Å². The van der Waals surface area contributed by atoms with E-state index >= 15 is 4.39 Å². The summed E-state index contributed by atoms with van der Waals surface area (Å²) < 4.78 is 15.4. The molecule has 108 valence electrons. The van der Waals surface area contributed by atoms with Gasteiger partial charge in [0.1, 0.15) is 0 Å². The molecule has 4 N–H and O–H groups in total. The Morgan fingerprint density at radius 3 is 2.14 bits per heavy atom. The van der Waals surface area contributed by atoms with Gasteiger partial charge in [0.05, 0.1) is 0 Å². The molecule has 0 aromatic heterocycles. The molecule has 1 amide bonds. The van der Waals surface area contributed by atoms with Gasteiger partial charge in [0.2, 0.25) is 5.67 Å². The number of benzene rings is 2. The molecule has 0 spiro atoms. The van der Waals surface area contributed by atoms with Crippen LogP contribution in [-0.2, 0) is 16.9 Å². The number of rotatable bonds is 4. The van der Waals surface area contributed by atoms with E-state index in [0.717, 1.165) is 0 Å². The third kappa shape index (κ3) is 3.45. The van der Waals surface area contributed by atoms with Crippen LogP contribution in [0.3, 0.4) is 0 Å². The van der Waals surface area contributed by atoms with Gasteiger partial charge in [0.25, 0.3) is 5.91 Å². The van der Waals surface area contributed by atoms with Crippen LogP contribution in [-0.4, -0.2) is 11.9 Å². The molecule has 0 bridgehead atoms. The molecule has 0 fully saturated rings. The summed E-state index contributed by atoms with van der Waals surface area (Å²) in [4.78, 5) is 12.2. The third-order valence-corrected chi connectivity index (χ3v) is 3.13. The van der Waals surface area contributed by atoms with Gasteiger partial charge < -0.3 is 5.73 Å². The quantitative estimate of drug-likeness (QED) is 0.594. The van der Waals surface area contributed by atoms with Crippen LogP contribution in [0.25, 0.3) is 0 Å². The summed E-state index contributed by atoms with van der Waals surface area (Å²) in [7, 11) is 0. The Kier molecular flexibility index (Phi) is 4.33. The van der Waals surface area contributed by atoms with Gasteiger partial charge in [-0.3, -0.25) is 15.5 Å². The van der Waals surface area contributed by atoms with Crippen molar-refractivity contribution >= 4 is 11.9 Å². The van der Waals surface area contributed by atoms with Crippen molar-refractivity contribution < 1.29 is 9.18 Å². The number of amides is 1. The monoisotopic (exact) mass is 285 g/mol. The Bertz CT molecular complexity index is 630. The minimum atomic E-state index is -2.28. The van der Waals surface area contributed by atoms with E-state index in [-0.39, 0.29) is 12.0 Å². The topological polar surface area (TPSA) is 79.0 Å². The summed E-state index contributed by atoms with van der Waals surface area (Å²) in [5.41, 5.74) is 3.77. The molecule has 0 aliphatic heterocycles. The first-order chi connectivity index (χ1) is 10.0. The molecule has 0 saturated heterocycles. The van der Waals surface area contributed by atoms with E-state index < -0.39 is 17.5 Å². The lowest BCUT2D eigenvalue weighted by molar-refractivity contribution is -0.132. The lowest BCUT2D eigenvalue weighted by Gasteiger charge is -2.24. The Morgan fingerprint density at radius 2 is 1.62 bits per heavy atom. The molecular formula is C16H16FN3O. The van der Waals surface area contributed by atoms with E-state index in [4.69, 9.17) is 11.1 Å². The number of nitrogens with two attached hydrogens (primary N) is 1. The highest BCUT2D eigenvalue weighted by molar-refractivity contribution is 5.99. The van der Waals surface area contributed by atoms with E-state index in [2.05, 4.69) is 0 Å². The maximum absolute atomic E-state index is 15.4. The fourth-order valence-corrected chi connectivity index (χ4v) is 2.11. The minimum Gasteiger partial charge on any atom is -0.370 e. The summed E-state index contributed by atoms with van der Waals surface area (Å²) in [6.45, 7) is 0. The Balaban J connectivity index is 2.39. The van der Waals surface area contributed by atoms with E-state index in [1.807, 2.05) is 11.4 Å². The first-order valence-electron chi connectivity index (χ1n) is 6.46. The van der Waals surface area contributed by atoms with E-state index in [9.17, 15) is 4.79 Å². The molecule has 0 heterocycles. The molecule has 1 atom stereocenters. The van der Waals surface area contributed by atoms with Gasteiger partial charge in [0, 0.05) is 6.42 Å². The molecule has 4 nitrogen and oxygen atoms in total. The highest BCUT2D eigenvalue weighted by Crippen LogP contribution is 2.30. The molecule has 2 aromatic rings. The van der Waals surface area contributed by atoms with Gasteiger partial charge in [-0.2, -0.15) is 0 Å². The smallest absolute Gasteiger partial charge is 0.269 e. The Labute approximate surface area is 122 Å². The van der Waals surface area contributed by atoms with Gasteiger partial charge in [-0.1, -0.05) is 60.7 Å². The van der Waals surface area contributed by atoms with Crippen LogP contribution < -0.4 is 11.1 Å². The maximum Gasteiger partial charge on any atom is 0.269 e. The second-order valence-electron chi connectivity index (χ2n) is 4.70. The van der Waals surface area contributed by atoms with E-state index in [0.29, 0.717) is 5.56 Å². The lowest BCUT2D eigenvalue weighted by atomic mass is 9.88. The standard InChI is InChI=1S/C16H16FN3O/c17-16(14(21)20-15(18)19,13-9-5-2-6-10-13)11-12-7-3-1-4-8-12/h1-10H,11H2,(H4,18,19,20,21)/t16-/m1/s1. The van der Waals surface area contributed by atoms with Crippen molar-refractivity contribution in [3.05, 3.63) is 71.8 Å². The molecule has 0 aliphatic carbocycles. The first-order valence-corrected chi connectivity index (χ1v) is 6.46. The Hall–Kier alpha value is -2.69. The highest BCUT2D eigenvalue weighted by atomic mass is 19.1. The SMILES string of the molecule is N=C(N)NC(=O)[C@@](F)(Cc1ccccc1)c1ccccc1. The number of hydrogen-bond donors (Lipinski definition) is 3. The number of carbonyl (C=O) groups is 1. The van der Waals surface area contributed by atoms with Crippen LogP contribution in [0.5, 0.6) is 0 Å². The predicted molar refractivity (Wildman–Crippen MR) is 79.4 cm³/mol. The van der Waals surface area contributed by atoms with E-state index in [1.165, 1.54) is 0 Å². The van der Waals surface area contributed by atoms with Gasteiger partial charge >= 0.3 is 0 Å².